The largest absolute Gasteiger partial charge is 0.493 e. The van der Waals surface area contributed by atoms with Crippen LogP contribution in [0.3, 0.4) is 0 Å². The highest BCUT2D eigenvalue weighted by Crippen LogP contribution is 2.46. The fraction of sp³-hybridized carbons (Fsp3) is 0.632. The molecule has 2 unspecified atom stereocenters. The van der Waals surface area contributed by atoms with Gasteiger partial charge in [-0.3, -0.25) is 4.79 Å². The highest BCUT2D eigenvalue weighted by atomic mass is 16.5. The zero-order valence-corrected chi connectivity index (χ0v) is 15.2. The minimum atomic E-state index is -0.431. The molecule has 5 heteroatoms. The number of carbonyl (C=O) groups is 1. The summed E-state index contributed by atoms with van der Waals surface area (Å²) in [6.07, 6.45) is 1.90. The van der Waals surface area contributed by atoms with Crippen LogP contribution in [0.1, 0.15) is 45.1 Å². The Labute approximate surface area is 144 Å². The first kappa shape index (κ1) is 18.6. The molecular formula is C19H29NO4. The molecule has 5 nitrogen and oxygen atoms in total. The number of ether oxygens (including phenoxy) is 2. The number of rotatable bonds is 7. The zero-order chi connectivity index (χ0) is 17.7. The van der Waals surface area contributed by atoms with Crippen molar-refractivity contribution in [3.8, 4) is 11.5 Å². The predicted octanol–water partition coefficient (Wildman–Crippen LogP) is 2.82. The van der Waals surface area contributed by atoms with Crippen LogP contribution in [-0.2, 0) is 4.79 Å². The van der Waals surface area contributed by atoms with Gasteiger partial charge in [0.15, 0.2) is 11.5 Å². The van der Waals surface area contributed by atoms with Gasteiger partial charge in [0.1, 0.15) is 6.61 Å². The summed E-state index contributed by atoms with van der Waals surface area (Å²) in [7, 11) is 1.64. The van der Waals surface area contributed by atoms with E-state index in [1.807, 2.05) is 12.1 Å². The van der Waals surface area contributed by atoms with Gasteiger partial charge in [0.2, 0.25) is 5.91 Å². The molecule has 1 heterocycles. The number of nitrogens with zero attached hydrogens (tertiary/aromatic N) is 1. The van der Waals surface area contributed by atoms with Crippen LogP contribution < -0.4 is 9.47 Å². The maximum Gasteiger partial charge on any atom is 0.248 e. The van der Waals surface area contributed by atoms with Gasteiger partial charge in [0, 0.05) is 19.0 Å². The second kappa shape index (κ2) is 7.88. The lowest BCUT2D eigenvalue weighted by atomic mass is 9.74. The summed E-state index contributed by atoms with van der Waals surface area (Å²) in [5, 5.41) is 9.18. The summed E-state index contributed by atoms with van der Waals surface area (Å²) < 4.78 is 11.2. The van der Waals surface area contributed by atoms with Gasteiger partial charge in [0.25, 0.3) is 0 Å². The molecule has 1 aromatic carbocycles. The van der Waals surface area contributed by atoms with Gasteiger partial charge in [-0.05, 0) is 36.0 Å². The van der Waals surface area contributed by atoms with Crippen molar-refractivity contribution in [2.45, 2.75) is 39.5 Å². The summed E-state index contributed by atoms with van der Waals surface area (Å²) in [6, 6.07) is 6.04. The molecule has 0 spiro atoms. The Bertz CT molecular complexity index is 574. The number of amides is 1. The third-order valence-corrected chi connectivity index (χ3v) is 5.14. The maximum atomic E-state index is 11.9. The van der Waals surface area contributed by atoms with Crippen LogP contribution in [-0.4, -0.2) is 49.3 Å². The molecule has 1 saturated heterocycles. The molecule has 2 atom stereocenters. The van der Waals surface area contributed by atoms with Crippen LogP contribution in [0.4, 0.5) is 0 Å². The molecule has 2 rings (SSSR count). The summed E-state index contributed by atoms with van der Waals surface area (Å²) in [5.74, 6) is 1.50. The van der Waals surface area contributed by atoms with E-state index in [1.165, 1.54) is 0 Å². The molecule has 1 fully saturated rings. The first-order valence-electron chi connectivity index (χ1n) is 8.68. The van der Waals surface area contributed by atoms with E-state index in [4.69, 9.17) is 9.47 Å². The quantitative estimate of drug-likeness (QED) is 0.832. The first-order valence-corrected chi connectivity index (χ1v) is 8.68. The number of hydrogen-bond donors (Lipinski definition) is 1. The van der Waals surface area contributed by atoms with E-state index in [0.717, 1.165) is 29.9 Å². The average Bonchev–Trinajstić information content (AvgIpc) is 2.97. The molecule has 0 saturated carbocycles. The van der Waals surface area contributed by atoms with E-state index in [-0.39, 0.29) is 17.2 Å². The molecule has 0 bridgehead atoms. The number of hydrogen-bond acceptors (Lipinski definition) is 4. The minimum Gasteiger partial charge on any atom is -0.493 e. The molecule has 1 aliphatic heterocycles. The summed E-state index contributed by atoms with van der Waals surface area (Å²) in [6.45, 7) is 7.94. The SMILES string of the molecule is CCCOc1cc(C2CN(C(=O)CO)CC2(C)CC)ccc1OC. The van der Waals surface area contributed by atoms with Crippen molar-refractivity contribution in [1.29, 1.82) is 0 Å². The summed E-state index contributed by atoms with van der Waals surface area (Å²) in [5.41, 5.74) is 1.14. The number of aliphatic hydroxyl groups is 1. The smallest absolute Gasteiger partial charge is 0.248 e. The van der Waals surface area contributed by atoms with Crippen LogP contribution in [0.5, 0.6) is 11.5 Å². The first-order chi connectivity index (χ1) is 11.5. The van der Waals surface area contributed by atoms with Crippen molar-refractivity contribution in [2.24, 2.45) is 5.41 Å². The fourth-order valence-electron chi connectivity index (χ4n) is 3.44. The monoisotopic (exact) mass is 335 g/mol. The van der Waals surface area contributed by atoms with Crippen molar-refractivity contribution < 1.29 is 19.4 Å². The second-order valence-corrected chi connectivity index (χ2v) is 6.75. The molecule has 1 aromatic rings. The predicted molar refractivity (Wildman–Crippen MR) is 93.6 cm³/mol. The van der Waals surface area contributed by atoms with Crippen LogP contribution in [0.15, 0.2) is 18.2 Å². The van der Waals surface area contributed by atoms with Crippen LogP contribution in [0, 0.1) is 5.41 Å². The topological polar surface area (TPSA) is 59.0 Å². The highest BCUT2D eigenvalue weighted by molar-refractivity contribution is 5.77. The lowest BCUT2D eigenvalue weighted by Gasteiger charge is -2.29. The summed E-state index contributed by atoms with van der Waals surface area (Å²) in [4.78, 5) is 13.7. The van der Waals surface area contributed by atoms with E-state index in [2.05, 4.69) is 26.8 Å². The number of carbonyl (C=O) groups excluding carboxylic acids is 1. The van der Waals surface area contributed by atoms with Crippen LogP contribution in [0.25, 0.3) is 0 Å². The normalized spacial score (nSPS) is 23.4. The molecule has 1 N–H and O–H groups in total. The molecule has 1 amide bonds. The van der Waals surface area contributed by atoms with Crippen molar-refractivity contribution in [3.05, 3.63) is 23.8 Å². The van der Waals surface area contributed by atoms with E-state index in [0.29, 0.717) is 19.7 Å². The van der Waals surface area contributed by atoms with Crippen LogP contribution in [0.2, 0.25) is 0 Å². The Morgan fingerprint density at radius 2 is 2.12 bits per heavy atom. The van der Waals surface area contributed by atoms with Gasteiger partial charge in [-0.15, -0.1) is 0 Å². The van der Waals surface area contributed by atoms with Gasteiger partial charge in [-0.25, -0.2) is 0 Å². The lowest BCUT2D eigenvalue weighted by molar-refractivity contribution is -0.133. The fourth-order valence-corrected chi connectivity index (χ4v) is 3.44. The Hall–Kier alpha value is -1.75. The van der Waals surface area contributed by atoms with Crippen molar-refractivity contribution >= 4 is 5.91 Å². The lowest BCUT2D eigenvalue weighted by Crippen LogP contribution is -2.32. The van der Waals surface area contributed by atoms with Gasteiger partial charge < -0.3 is 19.5 Å². The van der Waals surface area contributed by atoms with E-state index in [1.54, 1.807) is 12.0 Å². The van der Waals surface area contributed by atoms with Crippen molar-refractivity contribution in [3.63, 3.8) is 0 Å². The Kier molecular flexibility index (Phi) is 6.10. The van der Waals surface area contributed by atoms with E-state index in [9.17, 15) is 9.90 Å². The number of methoxy groups -OCH3 is 1. The average molecular weight is 335 g/mol. The molecule has 0 radical (unpaired) electrons. The molecule has 1 aliphatic rings. The van der Waals surface area contributed by atoms with E-state index >= 15 is 0 Å². The Morgan fingerprint density at radius 3 is 2.71 bits per heavy atom. The van der Waals surface area contributed by atoms with Gasteiger partial charge in [-0.2, -0.15) is 0 Å². The Balaban J connectivity index is 2.32. The zero-order valence-electron chi connectivity index (χ0n) is 15.2. The van der Waals surface area contributed by atoms with Crippen LogP contribution >= 0.6 is 0 Å². The standard InChI is InChI=1S/C19H29NO4/c1-5-9-24-17-10-14(7-8-16(17)23-4)15-11-20(18(22)12-21)13-19(15,3)6-2/h7-8,10,15,21H,5-6,9,11-13H2,1-4H3. The third-order valence-electron chi connectivity index (χ3n) is 5.14. The van der Waals surface area contributed by atoms with Gasteiger partial charge in [-0.1, -0.05) is 26.8 Å². The maximum absolute atomic E-state index is 11.9. The minimum absolute atomic E-state index is 0.0125. The molecular weight excluding hydrogens is 306 g/mol. The highest BCUT2D eigenvalue weighted by Gasteiger charge is 2.44. The Morgan fingerprint density at radius 1 is 1.38 bits per heavy atom. The third kappa shape index (κ3) is 3.66. The van der Waals surface area contributed by atoms with Gasteiger partial charge in [0.05, 0.1) is 13.7 Å². The molecule has 0 aliphatic carbocycles. The number of benzene rings is 1. The van der Waals surface area contributed by atoms with Gasteiger partial charge >= 0.3 is 0 Å². The second-order valence-electron chi connectivity index (χ2n) is 6.75. The number of likely N-dealkylation sites (tertiary alicyclic amines) is 1. The van der Waals surface area contributed by atoms with E-state index < -0.39 is 6.61 Å². The molecule has 24 heavy (non-hydrogen) atoms. The molecule has 134 valence electrons. The van der Waals surface area contributed by atoms with Crippen molar-refractivity contribution in [2.75, 3.05) is 33.4 Å². The molecule has 0 aromatic heterocycles. The number of aliphatic hydroxyl groups excluding tert-OH is 1. The van der Waals surface area contributed by atoms with Crippen molar-refractivity contribution in [1.82, 2.24) is 4.90 Å². The summed E-state index contributed by atoms with van der Waals surface area (Å²) >= 11 is 0.